The second-order valence-corrected chi connectivity index (χ2v) is 10.2. The molecule has 4 N–H and O–H groups in total. The minimum Gasteiger partial charge on any atom is -0.365 e. The predicted molar refractivity (Wildman–Crippen MR) is 131 cm³/mol. The van der Waals surface area contributed by atoms with Crippen molar-refractivity contribution in [2.24, 2.45) is 5.73 Å². The van der Waals surface area contributed by atoms with Crippen LogP contribution in [-0.4, -0.2) is 31.7 Å². The van der Waals surface area contributed by atoms with Crippen LogP contribution in [0.25, 0.3) is 0 Å². The quantitative estimate of drug-likeness (QED) is 0.380. The van der Waals surface area contributed by atoms with Crippen molar-refractivity contribution in [1.82, 2.24) is 9.97 Å². The summed E-state index contributed by atoms with van der Waals surface area (Å²) in [5.74, 6) is -0.559. The lowest BCUT2D eigenvalue weighted by molar-refractivity contribution is -0.137. The van der Waals surface area contributed by atoms with Gasteiger partial charge in [0.15, 0.2) is 0 Å². The van der Waals surface area contributed by atoms with Crippen LogP contribution in [0.3, 0.4) is 0 Å². The molecule has 1 heterocycles. The van der Waals surface area contributed by atoms with Crippen molar-refractivity contribution in [2.45, 2.75) is 25.7 Å². The lowest BCUT2D eigenvalue weighted by Crippen LogP contribution is -2.26. The van der Waals surface area contributed by atoms with Gasteiger partial charge in [-0.25, -0.2) is 13.4 Å². The van der Waals surface area contributed by atoms with Gasteiger partial charge in [0.2, 0.25) is 16.0 Å². The molecule has 0 fully saturated rings. The molecular formula is C22H24ClF3N6O2S. The van der Waals surface area contributed by atoms with Crippen molar-refractivity contribution in [1.29, 1.82) is 0 Å². The van der Waals surface area contributed by atoms with E-state index in [1.807, 2.05) is 0 Å². The number of nitrogens with zero attached hydrogens (tertiary/aromatic N) is 3. The maximum atomic E-state index is 13.6. The molecule has 0 aliphatic heterocycles. The Morgan fingerprint density at radius 3 is 2.49 bits per heavy atom. The Morgan fingerprint density at radius 1 is 1.20 bits per heavy atom. The van der Waals surface area contributed by atoms with Gasteiger partial charge in [-0.3, -0.25) is 4.31 Å². The van der Waals surface area contributed by atoms with Crippen LogP contribution in [0.2, 0.25) is 5.02 Å². The summed E-state index contributed by atoms with van der Waals surface area (Å²) in [6.45, 7) is 1.65. The highest BCUT2D eigenvalue weighted by Gasteiger charge is 2.35. The van der Waals surface area contributed by atoms with Crippen molar-refractivity contribution >= 4 is 44.8 Å². The molecule has 0 unspecified atom stereocenters. The fraction of sp³-hybridized carbons (Fsp3) is 0.273. The Kier molecular flexibility index (Phi) is 7.77. The first-order valence-electron chi connectivity index (χ1n) is 10.3. The monoisotopic (exact) mass is 528 g/mol. The Bertz CT molecular complexity index is 1320. The smallest absolute Gasteiger partial charge is 0.365 e. The van der Waals surface area contributed by atoms with E-state index in [0.29, 0.717) is 33.7 Å². The first-order valence-corrected chi connectivity index (χ1v) is 12.5. The fourth-order valence-electron chi connectivity index (χ4n) is 3.21. The van der Waals surface area contributed by atoms with Crippen LogP contribution in [0.5, 0.6) is 0 Å². The van der Waals surface area contributed by atoms with E-state index in [9.17, 15) is 21.6 Å². The molecule has 0 aliphatic carbocycles. The summed E-state index contributed by atoms with van der Waals surface area (Å²) in [4.78, 5) is 7.79. The summed E-state index contributed by atoms with van der Waals surface area (Å²) in [5.41, 5.74) is 6.74. The van der Waals surface area contributed by atoms with Gasteiger partial charge >= 0.3 is 6.18 Å². The third kappa shape index (κ3) is 6.53. The predicted octanol–water partition coefficient (Wildman–Crippen LogP) is 4.92. The topological polar surface area (TPSA) is 113 Å². The third-order valence-corrected chi connectivity index (χ3v) is 6.63. The Balaban J connectivity index is 1.91. The molecule has 13 heteroatoms. The van der Waals surface area contributed by atoms with E-state index in [1.54, 1.807) is 49.4 Å². The van der Waals surface area contributed by atoms with Crippen LogP contribution >= 0.6 is 11.6 Å². The molecule has 35 heavy (non-hydrogen) atoms. The lowest BCUT2D eigenvalue weighted by Gasteiger charge is -2.21. The highest BCUT2D eigenvalue weighted by atomic mass is 35.5. The Hall–Kier alpha value is -3.09. The van der Waals surface area contributed by atoms with E-state index < -0.39 is 27.6 Å². The van der Waals surface area contributed by atoms with Gasteiger partial charge in [-0.15, -0.1) is 0 Å². The van der Waals surface area contributed by atoms with Gasteiger partial charge in [0, 0.05) is 36.5 Å². The maximum absolute atomic E-state index is 13.6. The zero-order chi connectivity index (χ0) is 26.0. The highest BCUT2D eigenvalue weighted by Crippen LogP contribution is 2.35. The summed E-state index contributed by atoms with van der Waals surface area (Å²) < 4.78 is 65.8. The SMILES string of the molecule is C[C@@H](N)c1ccc(Nc2ncc(C(F)(F)F)c(NCc3ccccc3N(C)S(C)(=O)=O)n2)cc1Cl. The number of para-hydroxylation sites is 1. The molecule has 8 nitrogen and oxygen atoms in total. The second kappa shape index (κ2) is 10.3. The largest absolute Gasteiger partial charge is 0.421 e. The van der Waals surface area contributed by atoms with Crippen molar-refractivity contribution in [3.63, 3.8) is 0 Å². The van der Waals surface area contributed by atoms with Gasteiger partial charge < -0.3 is 16.4 Å². The Morgan fingerprint density at radius 2 is 1.89 bits per heavy atom. The number of aromatic nitrogens is 2. The molecule has 0 saturated heterocycles. The number of sulfonamides is 1. The molecule has 188 valence electrons. The van der Waals surface area contributed by atoms with E-state index in [1.165, 1.54) is 7.05 Å². The molecule has 0 bridgehead atoms. The van der Waals surface area contributed by atoms with Crippen LogP contribution in [-0.2, 0) is 22.7 Å². The molecule has 0 aliphatic rings. The number of hydrogen-bond donors (Lipinski definition) is 3. The molecule has 0 saturated carbocycles. The number of alkyl halides is 3. The van der Waals surface area contributed by atoms with Gasteiger partial charge in [-0.05, 0) is 36.2 Å². The zero-order valence-electron chi connectivity index (χ0n) is 19.1. The van der Waals surface area contributed by atoms with E-state index in [2.05, 4.69) is 20.6 Å². The number of anilines is 4. The molecule has 1 atom stereocenters. The van der Waals surface area contributed by atoms with E-state index in [4.69, 9.17) is 17.3 Å². The molecule has 0 radical (unpaired) electrons. The van der Waals surface area contributed by atoms with Crippen molar-refractivity contribution in [2.75, 3.05) is 28.2 Å². The number of hydrogen-bond acceptors (Lipinski definition) is 7. The van der Waals surface area contributed by atoms with Crippen LogP contribution in [0.15, 0.2) is 48.7 Å². The molecule has 1 aromatic heterocycles. The number of nitrogens with two attached hydrogens (primary N) is 1. The summed E-state index contributed by atoms with van der Waals surface area (Å²) in [5, 5.41) is 5.90. The standard InChI is InChI=1S/C22H24ClF3N6O2S/c1-13(27)16-9-8-15(10-18(16)23)30-21-29-12-17(22(24,25)26)20(31-21)28-11-14-6-4-5-7-19(14)32(2)35(3,33)34/h4-10,12-13H,11,27H2,1-3H3,(H2,28,29,30,31)/t13-/m1/s1. The molecule has 2 aromatic carbocycles. The highest BCUT2D eigenvalue weighted by molar-refractivity contribution is 7.92. The first-order chi connectivity index (χ1) is 16.3. The van der Waals surface area contributed by atoms with Crippen molar-refractivity contribution in [3.8, 4) is 0 Å². The van der Waals surface area contributed by atoms with Gasteiger partial charge in [-0.2, -0.15) is 18.2 Å². The molecular weight excluding hydrogens is 505 g/mol. The van der Waals surface area contributed by atoms with Crippen LogP contribution in [0.1, 0.15) is 29.7 Å². The van der Waals surface area contributed by atoms with Gasteiger partial charge in [0.05, 0.1) is 11.9 Å². The lowest BCUT2D eigenvalue weighted by atomic mass is 10.1. The van der Waals surface area contributed by atoms with E-state index in [0.717, 1.165) is 10.6 Å². The van der Waals surface area contributed by atoms with E-state index in [-0.39, 0.29) is 18.5 Å². The number of benzene rings is 2. The average molecular weight is 529 g/mol. The second-order valence-electron chi connectivity index (χ2n) is 7.82. The van der Waals surface area contributed by atoms with Crippen molar-refractivity contribution in [3.05, 3.63) is 70.4 Å². The van der Waals surface area contributed by atoms with Crippen LogP contribution < -0.4 is 20.7 Å². The molecule has 0 amide bonds. The fourth-order valence-corrected chi connectivity index (χ4v) is 4.10. The Labute approximate surface area is 206 Å². The number of halogens is 4. The summed E-state index contributed by atoms with van der Waals surface area (Å²) >= 11 is 6.23. The number of nitrogens with one attached hydrogen (secondary N) is 2. The van der Waals surface area contributed by atoms with E-state index >= 15 is 0 Å². The zero-order valence-corrected chi connectivity index (χ0v) is 20.6. The minimum absolute atomic E-state index is 0.0911. The average Bonchev–Trinajstić information content (AvgIpc) is 2.76. The van der Waals surface area contributed by atoms with Gasteiger partial charge in [0.1, 0.15) is 11.4 Å². The summed E-state index contributed by atoms with van der Waals surface area (Å²) in [6, 6.07) is 11.1. The molecule has 0 spiro atoms. The summed E-state index contributed by atoms with van der Waals surface area (Å²) in [6.07, 6.45) is -3.01. The maximum Gasteiger partial charge on any atom is 0.421 e. The van der Waals surface area contributed by atoms with Crippen LogP contribution in [0, 0.1) is 0 Å². The molecule has 3 rings (SSSR count). The summed E-state index contributed by atoms with van der Waals surface area (Å²) in [7, 11) is -2.21. The van der Waals surface area contributed by atoms with Gasteiger partial charge in [0.25, 0.3) is 0 Å². The third-order valence-electron chi connectivity index (χ3n) is 5.12. The molecule has 3 aromatic rings. The number of rotatable bonds is 8. The van der Waals surface area contributed by atoms with Gasteiger partial charge in [-0.1, -0.05) is 35.9 Å². The normalized spacial score (nSPS) is 12.8. The van der Waals surface area contributed by atoms with Crippen LogP contribution in [0.4, 0.5) is 36.3 Å². The minimum atomic E-state index is -4.72. The van der Waals surface area contributed by atoms with Crippen molar-refractivity contribution < 1.29 is 21.6 Å². The first kappa shape index (κ1) is 26.5.